The fourth-order valence-electron chi connectivity index (χ4n) is 3.36. The number of furan rings is 1. The molecule has 8 heteroatoms. The Morgan fingerprint density at radius 3 is 2.68 bits per heavy atom. The summed E-state index contributed by atoms with van der Waals surface area (Å²) in [6, 6.07) is 7.73. The average Bonchev–Trinajstić information content (AvgIpc) is 3.28. The molecule has 3 aromatic heterocycles. The molecule has 0 radical (unpaired) electrons. The van der Waals surface area contributed by atoms with Crippen molar-refractivity contribution < 1.29 is 13.9 Å². The number of aryl methyl sites for hydroxylation is 2. The highest BCUT2D eigenvalue weighted by Crippen LogP contribution is 2.21. The van der Waals surface area contributed by atoms with Crippen molar-refractivity contribution in [3.05, 3.63) is 70.2 Å². The summed E-state index contributed by atoms with van der Waals surface area (Å²) in [4.78, 5) is 29.1. The summed E-state index contributed by atoms with van der Waals surface area (Å²) in [5.41, 5.74) is 1.74. The zero-order valence-electron chi connectivity index (χ0n) is 15.6. The second-order valence-corrected chi connectivity index (χ2v) is 6.75. The van der Waals surface area contributed by atoms with Crippen LogP contribution in [0.5, 0.6) is 0 Å². The average molecular weight is 380 g/mol. The monoisotopic (exact) mass is 380 g/mol. The quantitative estimate of drug-likeness (QED) is 0.742. The number of ether oxygens (including phenoxy) is 1. The Hall–Kier alpha value is -3.26. The third-order valence-corrected chi connectivity index (χ3v) is 4.77. The summed E-state index contributed by atoms with van der Waals surface area (Å²) >= 11 is 0. The lowest BCUT2D eigenvalue weighted by Gasteiger charge is -2.20. The van der Waals surface area contributed by atoms with E-state index < -0.39 is 6.04 Å². The number of carbonyl (C=O) groups is 1. The van der Waals surface area contributed by atoms with Crippen LogP contribution in [0.1, 0.15) is 27.9 Å². The number of aromatic nitrogens is 3. The van der Waals surface area contributed by atoms with Crippen LogP contribution in [-0.2, 0) is 4.74 Å². The molecule has 1 N–H and O–H groups in total. The Bertz CT molecular complexity index is 1060. The zero-order valence-corrected chi connectivity index (χ0v) is 15.6. The minimum Gasteiger partial charge on any atom is -0.466 e. The number of rotatable bonds is 4. The summed E-state index contributed by atoms with van der Waals surface area (Å²) in [5.74, 6) is 0.971. The second-order valence-electron chi connectivity index (χ2n) is 6.75. The Kier molecular flexibility index (Phi) is 4.79. The number of nitrogens with zero attached hydrogens (tertiary/aromatic N) is 3. The fraction of sp³-hybridized carbons (Fsp3) is 0.300. The van der Waals surface area contributed by atoms with Crippen molar-refractivity contribution in [3.8, 4) is 11.3 Å². The first-order valence-corrected chi connectivity index (χ1v) is 8.99. The molecule has 1 saturated heterocycles. The van der Waals surface area contributed by atoms with E-state index in [0.717, 1.165) is 5.56 Å². The number of carbonyl (C=O) groups excluding carboxylic acids is 1. The van der Waals surface area contributed by atoms with Crippen LogP contribution in [0, 0.1) is 13.8 Å². The molecule has 0 aliphatic carbocycles. The number of nitrogens with one attached hydrogen (secondary N) is 1. The molecule has 1 fully saturated rings. The highest BCUT2D eigenvalue weighted by molar-refractivity contribution is 5.95. The maximum Gasteiger partial charge on any atom is 0.267 e. The SMILES string of the molecule is Cc1cc(C(=O)NC2COCC2n2nc(-c3ccncc3)ccc2=O)c(C)o1. The van der Waals surface area contributed by atoms with E-state index in [9.17, 15) is 9.59 Å². The van der Waals surface area contributed by atoms with Crippen molar-refractivity contribution in [2.45, 2.75) is 25.9 Å². The number of amides is 1. The van der Waals surface area contributed by atoms with Crippen molar-refractivity contribution >= 4 is 5.91 Å². The predicted molar refractivity (Wildman–Crippen MR) is 101 cm³/mol. The van der Waals surface area contributed by atoms with Gasteiger partial charge in [-0.3, -0.25) is 14.6 Å². The van der Waals surface area contributed by atoms with Gasteiger partial charge in [-0.1, -0.05) is 0 Å². The first kappa shape index (κ1) is 18.1. The van der Waals surface area contributed by atoms with Gasteiger partial charge in [0.2, 0.25) is 0 Å². The maximum absolute atomic E-state index is 12.6. The maximum atomic E-state index is 12.6. The summed E-state index contributed by atoms with van der Waals surface area (Å²) < 4.78 is 12.4. The third-order valence-electron chi connectivity index (χ3n) is 4.77. The normalized spacial score (nSPS) is 18.9. The van der Waals surface area contributed by atoms with Crippen molar-refractivity contribution in [2.24, 2.45) is 0 Å². The molecule has 0 aromatic carbocycles. The van der Waals surface area contributed by atoms with E-state index in [-0.39, 0.29) is 17.5 Å². The van der Waals surface area contributed by atoms with Crippen LogP contribution in [0.3, 0.4) is 0 Å². The van der Waals surface area contributed by atoms with Gasteiger partial charge in [-0.2, -0.15) is 5.10 Å². The van der Waals surface area contributed by atoms with Gasteiger partial charge in [0.05, 0.1) is 30.5 Å². The second kappa shape index (κ2) is 7.40. The smallest absolute Gasteiger partial charge is 0.267 e. The minimum atomic E-state index is -0.397. The van der Waals surface area contributed by atoms with Gasteiger partial charge >= 0.3 is 0 Å². The topological polar surface area (TPSA) is 99.2 Å². The molecule has 0 bridgehead atoms. The Morgan fingerprint density at radius 1 is 1.18 bits per heavy atom. The third kappa shape index (κ3) is 3.46. The first-order chi connectivity index (χ1) is 13.5. The Labute approximate surface area is 161 Å². The fourth-order valence-corrected chi connectivity index (χ4v) is 3.36. The lowest BCUT2D eigenvalue weighted by molar-refractivity contribution is 0.0923. The van der Waals surface area contributed by atoms with Gasteiger partial charge in [0.1, 0.15) is 17.6 Å². The van der Waals surface area contributed by atoms with Crippen molar-refractivity contribution in [1.82, 2.24) is 20.1 Å². The molecule has 28 heavy (non-hydrogen) atoms. The minimum absolute atomic E-state index is 0.247. The molecule has 0 spiro atoms. The molecular formula is C20H20N4O4. The van der Waals surface area contributed by atoms with Gasteiger partial charge in [-0.15, -0.1) is 0 Å². The molecule has 4 rings (SSSR count). The largest absolute Gasteiger partial charge is 0.466 e. The predicted octanol–water partition coefficient (Wildman–Crippen LogP) is 1.89. The van der Waals surface area contributed by atoms with Crippen molar-refractivity contribution in [3.63, 3.8) is 0 Å². The van der Waals surface area contributed by atoms with E-state index in [4.69, 9.17) is 9.15 Å². The molecule has 144 valence electrons. The molecule has 3 aromatic rings. The highest BCUT2D eigenvalue weighted by atomic mass is 16.5. The van der Waals surface area contributed by atoms with Gasteiger partial charge in [-0.25, -0.2) is 4.68 Å². The standard InChI is InChI=1S/C20H20N4O4/c1-12-9-15(13(2)28-12)20(26)22-17-10-27-11-18(17)24-19(25)4-3-16(23-24)14-5-7-21-8-6-14/h3-9,17-18H,10-11H2,1-2H3,(H,22,26). The molecule has 4 heterocycles. The van der Waals surface area contributed by atoms with Crippen LogP contribution < -0.4 is 10.9 Å². The van der Waals surface area contributed by atoms with Gasteiger partial charge < -0.3 is 14.5 Å². The number of hydrogen-bond donors (Lipinski definition) is 1. The van der Waals surface area contributed by atoms with E-state index in [1.54, 1.807) is 38.4 Å². The molecule has 8 nitrogen and oxygen atoms in total. The molecule has 1 amide bonds. The van der Waals surface area contributed by atoms with Crippen LogP contribution in [0.15, 0.2) is 51.9 Å². The molecule has 2 atom stereocenters. The van der Waals surface area contributed by atoms with E-state index in [0.29, 0.717) is 36.0 Å². The van der Waals surface area contributed by atoms with Crippen molar-refractivity contribution in [2.75, 3.05) is 13.2 Å². The van der Waals surface area contributed by atoms with Gasteiger partial charge in [0.25, 0.3) is 11.5 Å². The summed E-state index contributed by atoms with van der Waals surface area (Å²) in [7, 11) is 0. The molecular weight excluding hydrogens is 360 g/mol. The first-order valence-electron chi connectivity index (χ1n) is 8.99. The van der Waals surface area contributed by atoms with Gasteiger partial charge in [-0.05, 0) is 38.1 Å². The molecule has 1 aliphatic heterocycles. The molecule has 0 saturated carbocycles. The number of hydrogen-bond acceptors (Lipinski definition) is 6. The lowest BCUT2D eigenvalue weighted by Crippen LogP contribution is -2.44. The number of pyridine rings is 1. The lowest BCUT2D eigenvalue weighted by atomic mass is 10.1. The van der Waals surface area contributed by atoms with E-state index >= 15 is 0 Å². The van der Waals surface area contributed by atoms with Crippen LogP contribution in [-0.4, -0.2) is 39.9 Å². The highest BCUT2D eigenvalue weighted by Gasteiger charge is 2.33. The molecule has 2 unspecified atom stereocenters. The van der Waals surface area contributed by atoms with E-state index in [1.807, 2.05) is 12.1 Å². The van der Waals surface area contributed by atoms with Gasteiger partial charge in [0, 0.05) is 24.0 Å². The van der Waals surface area contributed by atoms with Crippen LogP contribution >= 0.6 is 0 Å². The Balaban J connectivity index is 1.61. The van der Waals surface area contributed by atoms with Crippen LogP contribution in [0.2, 0.25) is 0 Å². The van der Waals surface area contributed by atoms with Crippen LogP contribution in [0.25, 0.3) is 11.3 Å². The summed E-state index contributed by atoms with van der Waals surface area (Å²) in [6.07, 6.45) is 3.34. The zero-order chi connectivity index (χ0) is 19.7. The van der Waals surface area contributed by atoms with Crippen LogP contribution in [0.4, 0.5) is 0 Å². The van der Waals surface area contributed by atoms with Gasteiger partial charge in [0.15, 0.2) is 0 Å². The summed E-state index contributed by atoms with van der Waals surface area (Å²) in [5, 5.41) is 7.45. The van der Waals surface area contributed by atoms with Crippen molar-refractivity contribution in [1.29, 1.82) is 0 Å². The Morgan fingerprint density at radius 2 is 1.96 bits per heavy atom. The molecule has 1 aliphatic rings. The van der Waals surface area contributed by atoms with E-state index in [1.165, 1.54) is 10.7 Å². The van der Waals surface area contributed by atoms with E-state index in [2.05, 4.69) is 15.4 Å². The summed E-state index contributed by atoms with van der Waals surface area (Å²) in [6.45, 7) is 4.13.